The average Bonchev–Trinajstić information content (AvgIpc) is 2.57. The molecule has 62 valence electrons. The number of aliphatic imine (C=N–C) groups is 1. The van der Waals surface area contributed by atoms with Crippen LogP contribution in [-0.2, 0) is 0 Å². The van der Waals surface area contributed by atoms with Gasteiger partial charge < -0.3 is 0 Å². The molecule has 0 unspecified atom stereocenters. The first kappa shape index (κ1) is 7.81. The molecule has 1 aromatic rings. The third kappa shape index (κ3) is 1.37. The third-order valence-corrected chi connectivity index (χ3v) is 2.39. The van der Waals surface area contributed by atoms with Crippen LogP contribution in [0.15, 0.2) is 29.3 Å². The number of benzene rings is 1. The van der Waals surface area contributed by atoms with Gasteiger partial charge in [0.05, 0.1) is 0 Å². The predicted molar refractivity (Wildman–Crippen MR) is 52.1 cm³/mol. The third-order valence-electron chi connectivity index (χ3n) is 2.06. The largest absolute Gasteiger partial charge is 0.289 e. The zero-order valence-corrected chi connectivity index (χ0v) is 7.51. The van der Waals surface area contributed by atoms with Gasteiger partial charge in [0.1, 0.15) is 0 Å². The summed E-state index contributed by atoms with van der Waals surface area (Å²) in [5, 5.41) is 0.818. The standard InChI is InChI=1S/C10H10ClN/c11-9-5-2-1-4-8(9)10-6-3-7-12-10/h1-2,4-5H,3,6-7H2. The van der Waals surface area contributed by atoms with E-state index in [0.29, 0.717) is 0 Å². The highest BCUT2D eigenvalue weighted by atomic mass is 35.5. The lowest BCUT2D eigenvalue weighted by atomic mass is 10.1. The number of rotatable bonds is 1. The zero-order chi connectivity index (χ0) is 8.39. The molecule has 12 heavy (non-hydrogen) atoms. The van der Waals surface area contributed by atoms with Gasteiger partial charge in [0.15, 0.2) is 0 Å². The molecule has 0 spiro atoms. The molecule has 0 bridgehead atoms. The Kier molecular flexibility index (Phi) is 2.13. The minimum atomic E-state index is 0.818. The van der Waals surface area contributed by atoms with Gasteiger partial charge in [-0.15, -0.1) is 0 Å². The van der Waals surface area contributed by atoms with Crippen molar-refractivity contribution in [2.45, 2.75) is 12.8 Å². The van der Waals surface area contributed by atoms with Crippen LogP contribution in [-0.4, -0.2) is 12.3 Å². The summed E-state index contributed by atoms with van der Waals surface area (Å²) in [6, 6.07) is 7.90. The summed E-state index contributed by atoms with van der Waals surface area (Å²) in [7, 11) is 0. The van der Waals surface area contributed by atoms with Crippen molar-refractivity contribution in [3.63, 3.8) is 0 Å². The van der Waals surface area contributed by atoms with E-state index in [0.717, 1.165) is 23.6 Å². The van der Waals surface area contributed by atoms with Gasteiger partial charge in [0.25, 0.3) is 0 Å². The van der Waals surface area contributed by atoms with Gasteiger partial charge in [0.2, 0.25) is 0 Å². The summed E-state index contributed by atoms with van der Waals surface area (Å²) in [5.74, 6) is 0. The lowest BCUT2D eigenvalue weighted by Gasteiger charge is -2.01. The van der Waals surface area contributed by atoms with E-state index in [1.165, 1.54) is 12.1 Å². The van der Waals surface area contributed by atoms with Crippen molar-refractivity contribution in [2.75, 3.05) is 6.54 Å². The van der Waals surface area contributed by atoms with Crippen molar-refractivity contribution >= 4 is 17.3 Å². The molecule has 1 nitrogen and oxygen atoms in total. The summed E-state index contributed by atoms with van der Waals surface area (Å²) in [6.45, 7) is 0.959. The van der Waals surface area contributed by atoms with E-state index < -0.39 is 0 Å². The second-order valence-electron chi connectivity index (χ2n) is 2.91. The Balaban J connectivity index is 2.39. The van der Waals surface area contributed by atoms with E-state index >= 15 is 0 Å². The molecule has 0 fully saturated rings. The highest BCUT2D eigenvalue weighted by Gasteiger charge is 2.10. The van der Waals surface area contributed by atoms with E-state index in [1.807, 2.05) is 24.3 Å². The van der Waals surface area contributed by atoms with Crippen molar-refractivity contribution in [3.8, 4) is 0 Å². The fraction of sp³-hybridized carbons (Fsp3) is 0.300. The Morgan fingerprint density at radius 3 is 2.75 bits per heavy atom. The molecule has 0 radical (unpaired) electrons. The fourth-order valence-corrected chi connectivity index (χ4v) is 1.70. The Morgan fingerprint density at radius 1 is 1.25 bits per heavy atom. The van der Waals surface area contributed by atoms with E-state index in [4.69, 9.17) is 11.6 Å². The monoisotopic (exact) mass is 179 g/mol. The predicted octanol–water partition coefficient (Wildman–Crippen LogP) is 2.92. The number of halogens is 1. The maximum absolute atomic E-state index is 6.02. The summed E-state index contributed by atoms with van der Waals surface area (Å²) >= 11 is 6.02. The van der Waals surface area contributed by atoms with Crippen LogP contribution in [0.3, 0.4) is 0 Å². The van der Waals surface area contributed by atoms with Crippen molar-refractivity contribution in [1.82, 2.24) is 0 Å². The Hall–Kier alpha value is -0.820. The normalized spacial score (nSPS) is 16.2. The van der Waals surface area contributed by atoms with Crippen LogP contribution < -0.4 is 0 Å². The van der Waals surface area contributed by atoms with Crippen LogP contribution in [0.1, 0.15) is 18.4 Å². The van der Waals surface area contributed by atoms with Gasteiger partial charge in [-0.2, -0.15) is 0 Å². The summed E-state index contributed by atoms with van der Waals surface area (Å²) in [4.78, 5) is 4.40. The molecule has 0 atom stereocenters. The van der Waals surface area contributed by atoms with Crippen LogP contribution in [0.2, 0.25) is 5.02 Å². The molecular weight excluding hydrogens is 170 g/mol. The van der Waals surface area contributed by atoms with E-state index in [2.05, 4.69) is 4.99 Å². The Labute approximate surface area is 77.1 Å². The van der Waals surface area contributed by atoms with Crippen LogP contribution in [0.4, 0.5) is 0 Å². The summed E-state index contributed by atoms with van der Waals surface area (Å²) in [6.07, 6.45) is 2.24. The molecule has 2 rings (SSSR count). The minimum absolute atomic E-state index is 0.818. The second kappa shape index (κ2) is 3.28. The van der Waals surface area contributed by atoms with Crippen LogP contribution in [0.5, 0.6) is 0 Å². The first-order valence-electron chi connectivity index (χ1n) is 4.16. The molecule has 2 heteroatoms. The molecular formula is C10H10ClN. The highest BCUT2D eigenvalue weighted by molar-refractivity contribution is 6.34. The van der Waals surface area contributed by atoms with Crippen LogP contribution in [0, 0.1) is 0 Å². The van der Waals surface area contributed by atoms with Gasteiger partial charge in [-0.1, -0.05) is 29.8 Å². The highest BCUT2D eigenvalue weighted by Crippen LogP contribution is 2.20. The Bertz CT molecular complexity index is 317. The topological polar surface area (TPSA) is 12.4 Å². The molecule has 0 N–H and O–H groups in total. The Morgan fingerprint density at radius 2 is 2.08 bits per heavy atom. The SMILES string of the molecule is Clc1ccccc1C1=NCCC1. The smallest absolute Gasteiger partial charge is 0.0496 e. The fourth-order valence-electron chi connectivity index (χ4n) is 1.45. The van der Waals surface area contributed by atoms with Crippen LogP contribution in [0.25, 0.3) is 0 Å². The average molecular weight is 180 g/mol. The van der Waals surface area contributed by atoms with Gasteiger partial charge in [-0.05, 0) is 18.9 Å². The lowest BCUT2D eigenvalue weighted by molar-refractivity contribution is 0.951. The van der Waals surface area contributed by atoms with E-state index in [9.17, 15) is 0 Å². The number of nitrogens with zero attached hydrogens (tertiary/aromatic N) is 1. The van der Waals surface area contributed by atoms with E-state index in [-0.39, 0.29) is 0 Å². The van der Waals surface area contributed by atoms with Crippen molar-refractivity contribution in [3.05, 3.63) is 34.9 Å². The first-order valence-corrected chi connectivity index (χ1v) is 4.54. The lowest BCUT2D eigenvalue weighted by Crippen LogP contribution is -1.96. The molecule has 1 aromatic carbocycles. The molecule has 1 aliphatic heterocycles. The number of hydrogen-bond acceptors (Lipinski definition) is 1. The molecule has 0 saturated heterocycles. The maximum Gasteiger partial charge on any atom is 0.0496 e. The van der Waals surface area contributed by atoms with Crippen LogP contribution >= 0.6 is 11.6 Å². The van der Waals surface area contributed by atoms with Crippen molar-refractivity contribution < 1.29 is 0 Å². The van der Waals surface area contributed by atoms with Gasteiger partial charge in [-0.3, -0.25) is 4.99 Å². The molecule has 1 aliphatic rings. The van der Waals surface area contributed by atoms with Crippen molar-refractivity contribution in [2.24, 2.45) is 4.99 Å². The van der Waals surface area contributed by atoms with E-state index in [1.54, 1.807) is 0 Å². The first-order chi connectivity index (χ1) is 5.88. The zero-order valence-electron chi connectivity index (χ0n) is 6.76. The molecule has 0 aromatic heterocycles. The van der Waals surface area contributed by atoms with Crippen molar-refractivity contribution in [1.29, 1.82) is 0 Å². The van der Waals surface area contributed by atoms with Gasteiger partial charge in [-0.25, -0.2) is 0 Å². The number of hydrogen-bond donors (Lipinski definition) is 0. The summed E-state index contributed by atoms with van der Waals surface area (Å²) in [5.41, 5.74) is 2.28. The molecule has 1 heterocycles. The molecule has 0 saturated carbocycles. The molecule has 0 aliphatic carbocycles. The quantitative estimate of drug-likeness (QED) is 0.629. The second-order valence-corrected chi connectivity index (χ2v) is 3.32. The van der Waals surface area contributed by atoms with Gasteiger partial charge >= 0.3 is 0 Å². The summed E-state index contributed by atoms with van der Waals surface area (Å²) < 4.78 is 0. The molecule has 0 amide bonds. The van der Waals surface area contributed by atoms with Gasteiger partial charge in [0, 0.05) is 22.8 Å². The maximum atomic E-state index is 6.02. The minimum Gasteiger partial charge on any atom is -0.289 e.